The highest BCUT2D eigenvalue weighted by atomic mass is 16.5. The minimum atomic E-state index is -0.513. The van der Waals surface area contributed by atoms with Crippen LogP contribution in [0.1, 0.15) is 31.4 Å². The second kappa shape index (κ2) is 6.00. The molecule has 1 aliphatic rings. The lowest BCUT2D eigenvalue weighted by Gasteiger charge is -2.27. The second-order valence-electron chi connectivity index (χ2n) is 6.15. The summed E-state index contributed by atoms with van der Waals surface area (Å²) in [6.45, 7) is 1.39. The minimum absolute atomic E-state index is 0.513. The number of rotatable bonds is 5. The molecule has 1 aromatic carbocycles. The van der Waals surface area contributed by atoms with Crippen LogP contribution in [0.15, 0.2) is 40.9 Å². The monoisotopic (exact) mass is 286 g/mol. The predicted molar refractivity (Wildman–Crippen MR) is 81.7 cm³/mol. The van der Waals surface area contributed by atoms with Crippen LogP contribution < -0.4 is 0 Å². The Hall–Kier alpha value is -1.65. The maximum absolute atomic E-state index is 10.4. The number of aliphatic hydroxyl groups is 1. The molecule has 0 atom stereocenters. The van der Waals surface area contributed by atoms with Crippen molar-refractivity contribution in [2.45, 2.75) is 37.8 Å². The highest BCUT2D eigenvalue weighted by Gasteiger charge is 2.32. The fraction of sp³-hybridized carbons (Fsp3) is 0.471. The van der Waals surface area contributed by atoms with Crippen molar-refractivity contribution in [1.29, 1.82) is 0 Å². The van der Waals surface area contributed by atoms with Crippen LogP contribution in [-0.4, -0.2) is 34.4 Å². The van der Waals surface area contributed by atoms with E-state index in [4.69, 9.17) is 4.52 Å². The van der Waals surface area contributed by atoms with Crippen molar-refractivity contribution >= 4 is 0 Å². The zero-order chi connectivity index (χ0) is 14.7. The Morgan fingerprint density at radius 3 is 2.67 bits per heavy atom. The molecular formula is C17H22N2O2. The maximum Gasteiger partial charge on any atom is 0.167 e. The number of hydrogen-bond donors (Lipinski definition) is 1. The third-order valence-electron chi connectivity index (χ3n) is 4.15. The Bertz CT molecular complexity index is 573. The van der Waals surface area contributed by atoms with Crippen molar-refractivity contribution in [2.24, 2.45) is 0 Å². The van der Waals surface area contributed by atoms with E-state index in [-0.39, 0.29) is 0 Å². The molecule has 2 aromatic rings. The lowest BCUT2D eigenvalue weighted by atomic mass is 10.0. The van der Waals surface area contributed by atoms with Gasteiger partial charge in [-0.05, 0) is 19.9 Å². The summed E-state index contributed by atoms with van der Waals surface area (Å²) in [7, 11) is 2.02. The summed E-state index contributed by atoms with van der Waals surface area (Å²) in [6.07, 6.45) is 4.08. The van der Waals surface area contributed by atoms with E-state index in [0.29, 0.717) is 13.1 Å². The third-order valence-corrected chi connectivity index (χ3v) is 4.15. The first-order valence-electron chi connectivity index (χ1n) is 7.57. The fourth-order valence-electron chi connectivity index (χ4n) is 3.15. The van der Waals surface area contributed by atoms with E-state index < -0.39 is 5.60 Å². The quantitative estimate of drug-likeness (QED) is 0.917. The van der Waals surface area contributed by atoms with Crippen molar-refractivity contribution in [3.63, 3.8) is 0 Å². The summed E-state index contributed by atoms with van der Waals surface area (Å²) in [5.41, 5.74) is 1.42. The molecule has 0 saturated heterocycles. The molecule has 112 valence electrons. The lowest BCUT2D eigenvalue weighted by molar-refractivity contribution is 0.0141. The molecule has 0 radical (unpaired) electrons. The number of benzene rings is 1. The smallest absolute Gasteiger partial charge is 0.167 e. The number of nitrogens with zero attached hydrogens (tertiary/aromatic N) is 2. The SMILES string of the molecule is CN(Cc1cc(-c2ccccc2)on1)CC1(O)CCCC1. The van der Waals surface area contributed by atoms with E-state index in [1.165, 1.54) is 0 Å². The Labute approximate surface area is 125 Å². The van der Waals surface area contributed by atoms with Crippen molar-refractivity contribution in [1.82, 2.24) is 10.1 Å². The zero-order valence-corrected chi connectivity index (χ0v) is 12.5. The normalized spacial score (nSPS) is 17.5. The predicted octanol–water partition coefficient (Wildman–Crippen LogP) is 3.08. The van der Waals surface area contributed by atoms with Crippen molar-refractivity contribution in [3.8, 4) is 11.3 Å². The first-order chi connectivity index (χ1) is 10.1. The largest absolute Gasteiger partial charge is 0.389 e. The van der Waals surface area contributed by atoms with Gasteiger partial charge in [0.05, 0.1) is 11.3 Å². The number of aromatic nitrogens is 1. The molecule has 1 fully saturated rings. The molecular weight excluding hydrogens is 264 g/mol. The average molecular weight is 286 g/mol. The summed E-state index contributed by atoms with van der Waals surface area (Å²) in [5, 5.41) is 14.6. The molecule has 1 saturated carbocycles. The van der Waals surface area contributed by atoms with Crippen LogP contribution in [0.2, 0.25) is 0 Å². The summed E-state index contributed by atoms with van der Waals surface area (Å²) in [4.78, 5) is 2.12. The Morgan fingerprint density at radius 2 is 1.95 bits per heavy atom. The second-order valence-corrected chi connectivity index (χ2v) is 6.15. The van der Waals surface area contributed by atoms with E-state index in [9.17, 15) is 5.11 Å². The van der Waals surface area contributed by atoms with Crippen LogP contribution in [-0.2, 0) is 6.54 Å². The highest BCUT2D eigenvalue weighted by molar-refractivity contribution is 5.56. The lowest BCUT2D eigenvalue weighted by Crippen LogP contribution is -2.38. The van der Waals surface area contributed by atoms with Crippen molar-refractivity contribution < 1.29 is 9.63 Å². The van der Waals surface area contributed by atoms with Gasteiger partial charge in [0.2, 0.25) is 0 Å². The van der Waals surface area contributed by atoms with Gasteiger partial charge in [-0.3, -0.25) is 4.90 Å². The van der Waals surface area contributed by atoms with Crippen LogP contribution in [0.3, 0.4) is 0 Å². The zero-order valence-electron chi connectivity index (χ0n) is 12.5. The number of hydrogen-bond acceptors (Lipinski definition) is 4. The van der Waals surface area contributed by atoms with Gasteiger partial charge in [-0.15, -0.1) is 0 Å². The molecule has 0 bridgehead atoms. The van der Waals surface area contributed by atoms with Gasteiger partial charge in [-0.25, -0.2) is 0 Å². The van der Waals surface area contributed by atoms with Crippen molar-refractivity contribution in [2.75, 3.05) is 13.6 Å². The summed E-state index contributed by atoms with van der Waals surface area (Å²) >= 11 is 0. The van der Waals surface area contributed by atoms with Gasteiger partial charge in [0.15, 0.2) is 5.76 Å². The molecule has 0 aliphatic heterocycles. The number of likely N-dealkylation sites (N-methyl/N-ethyl adjacent to an activating group) is 1. The minimum Gasteiger partial charge on any atom is -0.389 e. The molecule has 21 heavy (non-hydrogen) atoms. The first kappa shape index (κ1) is 14.3. The van der Waals surface area contributed by atoms with E-state index >= 15 is 0 Å². The maximum atomic E-state index is 10.4. The van der Waals surface area contributed by atoms with Gasteiger partial charge >= 0.3 is 0 Å². The van der Waals surface area contributed by atoms with Gasteiger partial charge in [0.1, 0.15) is 0 Å². The van der Waals surface area contributed by atoms with Gasteiger partial charge in [0, 0.05) is 24.7 Å². The molecule has 4 heteroatoms. The van der Waals surface area contributed by atoms with Crippen LogP contribution >= 0.6 is 0 Å². The topological polar surface area (TPSA) is 49.5 Å². The Kier molecular flexibility index (Phi) is 4.08. The van der Waals surface area contributed by atoms with Crippen LogP contribution in [0.4, 0.5) is 0 Å². The van der Waals surface area contributed by atoms with E-state index in [0.717, 1.165) is 42.7 Å². The highest BCUT2D eigenvalue weighted by Crippen LogP contribution is 2.30. The molecule has 0 unspecified atom stereocenters. The van der Waals surface area contributed by atoms with Crippen molar-refractivity contribution in [3.05, 3.63) is 42.1 Å². The van der Waals surface area contributed by atoms with E-state index in [1.807, 2.05) is 43.4 Å². The average Bonchev–Trinajstić information content (AvgIpc) is 3.09. The molecule has 4 nitrogen and oxygen atoms in total. The summed E-state index contributed by atoms with van der Waals surface area (Å²) in [6, 6.07) is 11.9. The van der Waals surface area contributed by atoms with Crippen LogP contribution in [0, 0.1) is 0 Å². The molecule has 1 aromatic heterocycles. The molecule has 0 amide bonds. The van der Waals surface area contributed by atoms with E-state index in [2.05, 4.69) is 10.1 Å². The van der Waals surface area contributed by atoms with Gasteiger partial charge in [0.25, 0.3) is 0 Å². The van der Waals surface area contributed by atoms with Crippen LogP contribution in [0.5, 0.6) is 0 Å². The summed E-state index contributed by atoms with van der Waals surface area (Å²) < 4.78 is 5.41. The van der Waals surface area contributed by atoms with E-state index in [1.54, 1.807) is 0 Å². The molecule has 1 N–H and O–H groups in total. The molecule has 0 spiro atoms. The molecule has 1 heterocycles. The van der Waals surface area contributed by atoms with Gasteiger partial charge in [-0.1, -0.05) is 48.3 Å². The fourth-order valence-corrected chi connectivity index (χ4v) is 3.15. The molecule has 1 aliphatic carbocycles. The Morgan fingerprint density at radius 1 is 1.24 bits per heavy atom. The third kappa shape index (κ3) is 3.52. The van der Waals surface area contributed by atoms with Gasteiger partial charge < -0.3 is 9.63 Å². The Balaban J connectivity index is 1.62. The van der Waals surface area contributed by atoms with Gasteiger partial charge in [-0.2, -0.15) is 0 Å². The summed E-state index contributed by atoms with van der Waals surface area (Å²) in [5.74, 6) is 0.790. The molecule has 3 rings (SSSR count). The van der Waals surface area contributed by atoms with Crippen LogP contribution in [0.25, 0.3) is 11.3 Å². The standard InChI is InChI=1S/C17H22N2O2/c1-19(13-17(20)9-5-6-10-17)12-15-11-16(21-18-15)14-7-3-2-4-8-14/h2-4,7-8,11,20H,5-6,9-10,12-13H2,1H3. The first-order valence-corrected chi connectivity index (χ1v) is 7.57.